The predicted molar refractivity (Wildman–Crippen MR) is 103 cm³/mol. The lowest BCUT2D eigenvalue weighted by Crippen LogP contribution is -2.33. The largest absolute Gasteiger partial charge is 0.457 e. The molecule has 0 N–H and O–H groups in total. The molecule has 0 spiro atoms. The van der Waals surface area contributed by atoms with Gasteiger partial charge in [0.25, 0.3) is 11.8 Å². The van der Waals surface area contributed by atoms with Crippen molar-refractivity contribution in [2.75, 3.05) is 6.73 Å². The van der Waals surface area contributed by atoms with Crippen LogP contribution < -0.4 is 4.74 Å². The van der Waals surface area contributed by atoms with E-state index in [2.05, 4.69) is 0 Å². The Balaban J connectivity index is 1.36. The molecular formula is C23H15NO5. The summed E-state index contributed by atoms with van der Waals surface area (Å²) < 4.78 is 11.2. The van der Waals surface area contributed by atoms with Gasteiger partial charge >= 0.3 is 5.97 Å². The SMILES string of the molecule is O=C(OCN1C(=O)c2ccccc2C1=O)c1cccc2c1Cc1ccccc1O2. The Morgan fingerprint density at radius 2 is 1.52 bits per heavy atom. The Labute approximate surface area is 166 Å². The third-order valence-electron chi connectivity index (χ3n) is 5.12. The summed E-state index contributed by atoms with van der Waals surface area (Å²) in [5, 5.41) is 0. The van der Waals surface area contributed by atoms with Gasteiger partial charge in [-0.05, 0) is 35.9 Å². The second-order valence-electron chi connectivity index (χ2n) is 6.81. The van der Waals surface area contributed by atoms with Crippen molar-refractivity contribution in [3.8, 4) is 11.5 Å². The molecule has 6 heteroatoms. The number of fused-ring (bicyclic) bond motifs is 3. The van der Waals surface area contributed by atoms with Gasteiger partial charge < -0.3 is 9.47 Å². The van der Waals surface area contributed by atoms with E-state index >= 15 is 0 Å². The van der Waals surface area contributed by atoms with Gasteiger partial charge in [-0.15, -0.1) is 0 Å². The number of para-hydroxylation sites is 1. The van der Waals surface area contributed by atoms with Crippen LogP contribution in [0.1, 0.15) is 42.2 Å². The Morgan fingerprint density at radius 3 is 2.28 bits per heavy atom. The first-order valence-electron chi connectivity index (χ1n) is 9.13. The number of carbonyl (C=O) groups is 3. The Bertz CT molecular complexity index is 1150. The third-order valence-corrected chi connectivity index (χ3v) is 5.12. The van der Waals surface area contributed by atoms with Crippen molar-refractivity contribution in [3.63, 3.8) is 0 Å². The van der Waals surface area contributed by atoms with Crippen molar-refractivity contribution in [2.45, 2.75) is 6.42 Å². The molecular weight excluding hydrogens is 370 g/mol. The van der Waals surface area contributed by atoms with Crippen LogP contribution in [0.25, 0.3) is 0 Å². The van der Waals surface area contributed by atoms with Gasteiger partial charge in [0.1, 0.15) is 11.5 Å². The van der Waals surface area contributed by atoms with Gasteiger partial charge in [-0.1, -0.05) is 36.4 Å². The van der Waals surface area contributed by atoms with E-state index in [9.17, 15) is 14.4 Å². The highest BCUT2D eigenvalue weighted by Gasteiger charge is 2.36. The van der Waals surface area contributed by atoms with Gasteiger partial charge in [0.05, 0.1) is 16.7 Å². The average Bonchev–Trinajstić information content (AvgIpc) is 3.00. The number of amides is 2. The fraction of sp³-hybridized carbons (Fsp3) is 0.0870. The van der Waals surface area contributed by atoms with Crippen LogP contribution in [0.5, 0.6) is 11.5 Å². The van der Waals surface area contributed by atoms with Crippen molar-refractivity contribution >= 4 is 17.8 Å². The monoisotopic (exact) mass is 385 g/mol. The third kappa shape index (κ3) is 2.77. The van der Waals surface area contributed by atoms with Crippen molar-refractivity contribution in [1.82, 2.24) is 4.90 Å². The Kier molecular flexibility index (Phi) is 3.91. The highest BCUT2D eigenvalue weighted by atomic mass is 16.5. The van der Waals surface area contributed by atoms with E-state index < -0.39 is 24.5 Å². The smallest absolute Gasteiger partial charge is 0.340 e. The molecule has 142 valence electrons. The Morgan fingerprint density at radius 1 is 0.862 bits per heavy atom. The second-order valence-corrected chi connectivity index (χ2v) is 6.81. The van der Waals surface area contributed by atoms with Crippen LogP contribution in [0.4, 0.5) is 0 Å². The summed E-state index contributed by atoms with van der Waals surface area (Å²) in [6.07, 6.45) is 0.532. The van der Waals surface area contributed by atoms with Crippen molar-refractivity contribution < 1.29 is 23.9 Å². The molecule has 2 aliphatic heterocycles. The predicted octanol–water partition coefficient (Wildman–Crippen LogP) is 3.79. The summed E-state index contributed by atoms with van der Waals surface area (Å²) >= 11 is 0. The van der Waals surface area contributed by atoms with Crippen LogP contribution >= 0.6 is 0 Å². The maximum Gasteiger partial charge on any atom is 0.340 e. The second kappa shape index (κ2) is 6.60. The van der Waals surface area contributed by atoms with E-state index in [1.807, 2.05) is 24.3 Å². The van der Waals surface area contributed by atoms with Gasteiger partial charge in [0, 0.05) is 12.0 Å². The minimum Gasteiger partial charge on any atom is -0.457 e. The summed E-state index contributed by atoms with van der Waals surface area (Å²) in [5.41, 5.74) is 2.68. The lowest BCUT2D eigenvalue weighted by Gasteiger charge is -2.22. The van der Waals surface area contributed by atoms with Crippen molar-refractivity contribution in [3.05, 3.63) is 94.5 Å². The first kappa shape index (κ1) is 17.2. The van der Waals surface area contributed by atoms with Crippen molar-refractivity contribution in [1.29, 1.82) is 0 Å². The number of imide groups is 1. The standard InChI is InChI=1S/C23H15NO5/c25-21-15-7-2-3-8-16(15)22(26)24(21)13-28-23(27)17-9-5-11-20-18(17)12-14-6-1-4-10-19(14)29-20/h1-11H,12-13H2. The molecule has 0 saturated carbocycles. The molecule has 6 nitrogen and oxygen atoms in total. The van der Waals surface area contributed by atoms with Gasteiger partial charge in [0.2, 0.25) is 0 Å². The number of benzene rings is 3. The molecule has 0 aromatic heterocycles. The zero-order valence-corrected chi connectivity index (χ0v) is 15.3. The molecule has 0 unspecified atom stereocenters. The number of hydrogen-bond acceptors (Lipinski definition) is 5. The topological polar surface area (TPSA) is 72.9 Å². The molecule has 2 amide bonds. The molecule has 3 aromatic carbocycles. The first-order chi connectivity index (χ1) is 14.1. The number of carbonyl (C=O) groups excluding carboxylic acids is 3. The van der Waals surface area contributed by atoms with E-state index in [1.54, 1.807) is 42.5 Å². The Hall–Kier alpha value is -3.93. The lowest BCUT2D eigenvalue weighted by molar-refractivity contribution is 0.0227. The molecule has 0 radical (unpaired) electrons. The van der Waals surface area contributed by atoms with E-state index in [0.717, 1.165) is 21.8 Å². The van der Waals surface area contributed by atoms with E-state index in [4.69, 9.17) is 9.47 Å². The molecule has 3 aromatic rings. The van der Waals surface area contributed by atoms with Gasteiger partial charge in [-0.2, -0.15) is 0 Å². The van der Waals surface area contributed by atoms with Crippen LogP contribution in [0, 0.1) is 0 Å². The number of ether oxygens (including phenoxy) is 2. The summed E-state index contributed by atoms with van der Waals surface area (Å²) in [5.74, 6) is -0.187. The fourth-order valence-corrected chi connectivity index (χ4v) is 3.65. The van der Waals surface area contributed by atoms with Crippen LogP contribution in [0.2, 0.25) is 0 Å². The molecule has 5 rings (SSSR count). The fourth-order valence-electron chi connectivity index (χ4n) is 3.65. The molecule has 0 aliphatic carbocycles. The lowest BCUT2D eigenvalue weighted by atomic mass is 9.96. The molecule has 0 atom stereocenters. The normalized spacial score (nSPS) is 14.0. The summed E-state index contributed by atoms with van der Waals surface area (Å²) in [4.78, 5) is 38.5. The summed E-state index contributed by atoms with van der Waals surface area (Å²) in [7, 11) is 0. The number of hydrogen-bond donors (Lipinski definition) is 0. The molecule has 0 bridgehead atoms. The van der Waals surface area contributed by atoms with Crippen molar-refractivity contribution in [2.24, 2.45) is 0 Å². The van der Waals surface area contributed by atoms with E-state index in [0.29, 0.717) is 28.9 Å². The summed E-state index contributed by atoms with van der Waals surface area (Å²) in [6.45, 7) is -0.438. The van der Waals surface area contributed by atoms with Crippen LogP contribution in [-0.4, -0.2) is 29.4 Å². The van der Waals surface area contributed by atoms with Crippen LogP contribution in [-0.2, 0) is 11.2 Å². The molecule has 2 heterocycles. The maximum atomic E-state index is 12.7. The number of esters is 1. The first-order valence-corrected chi connectivity index (χ1v) is 9.13. The number of rotatable bonds is 3. The maximum absolute atomic E-state index is 12.7. The van der Waals surface area contributed by atoms with Gasteiger partial charge in [-0.25, -0.2) is 9.69 Å². The quantitative estimate of drug-likeness (QED) is 0.396. The highest BCUT2D eigenvalue weighted by Crippen LogP contribution is 2.38. The minimum absolute atomic E-state index is 0.315. The van der Waals surface area contributed by atoms with Gasteiger partial charge in [0.15, 0.2) is 6.73 Å². The van der Waals surface area contributed by atoms with Crippen LogP contribution in [0.15, 0.2) is 66.7 Å². The zero-order valence-electron chi connectivity index (χ0n) is 15.3. The molecule has 0 fully saturated rings. The molecule has 2 aliphatic rings. The average molecular weight is 385 g/mol. The van der Waals surface area contributed by atoms with Gasteiger partial charge in [-0.3, -0.25) is 9.59 Å². The number of nitrogens with zero attached hydrogens (tertiary/aromatic N) is 1. The summed E-state index contributed by atoms with van der Waals surface area (Å²) in [6, 6.07) is 19.3. The van der Waals surface area contributed by atoms with E-state index in [1.165, 1.54) is 0 Å². The molecule has 0 saturated heterocycles. The molecule has 29 heavy (non-hydrogen) atoms. The zero-order chi connectivity index (χ0) is 20.0. The minimum atomic E-state index is -0.610. The van der Waals surface area contributed by atoms with E-state index in [-0.39, 0.29) is 0 Å². The van der Waals surface area contributed by atoms with Crippen LogP contribution in [0.3, 0.4) is 0 Å². The highest BCUT2D eigenvalue weighted by molar-refractivity contribution is 6.21.